The van der Waals surface area contributed by atoms with E-state index in [1.807, 2.05) is 6.92 Å². The smallest absolute Gasteiger partial charge is 0.0784 e. The van der Waals surface area contributed by atoms with E-state index in [4.69, 9.17) is 0 Å². The maximum Gasteiger partial charge on any atom is 0.0784 e. The highest BCUT2D eigenvalue weighted by Crippen LogP contribution is 2.28. The third-order valence-corrected chi connectivity index (χ3v) is 4.14. The highest BCUT2D eigenvalue weighted by atomic mass is 32.1. The third-order valence-electron chi connectivity index (χ3n) is 3.13. The summed E-state index contributed by atoms with van der Waals surface area (Å²) >= 11 is 1.75. The van der Waals surface area contributed by atoms with Crippen LogP contribution in [0.5, 0.6) is 0 Å². The topological polar surface area (TPSA) is 32.3 Å². The summed E-state index contributed by atoms with van der Waals surface area (Å²) < 4.78 is 1.29. The molecule has 0 amide bonds. The first kappa shape index (κ1) is 14.5. The van der Waals surface area contributed by atoms with Crippen molar-refractivity contribution in [3.05, 3.63) is 35.2 Å². The maximum atomic E-state index is 10.6. The molecule has 0 aliphatic carbocycles. The Bertz CT molecular complexity index is 551. The molecule has 2 rings (SSSR count). The Morgan fingerprint density at radius 3 is 2.53 bits per heavy atom. The van der Waals surface area contributed by atoms with Gasteiger partial charge in [0.2, 0.25) is 0 Å². The summed E-state index contributed by atoms with van der Waals surface area (Å²) in [6, 6.07) is 8.38. The van der Waals surface area contributed by atoms with E-state index in [0.29, 0.717) is 13.0 Å². The Kier molecular flexibility index (Phi) is 4.00. The van der Waals surface area contributed by atoms with E-state index < -0.39 is 5.60 Å². The fourth-order valence-corrected chi connectivity index (χ4v) is 3.06. The molecule has 2 N–H and O–H groups in total. The van der Waals surface area contributed by atoms with Gasteiger partial charge in [-0.05, 0) is 50.1 Å². The van der Waals surface area contributed by atoms with Crippen LogP contribution in [-0.2, 0) is 6.42 Å². The van der Waals surface area contributed by atoms with Crippen LogP contribution >= 0.6 is 11.3 Å². The first-order valence-corrected chi connectivity index (χ1v) is 7.57. The summed E-state index contributed by atoms with van der Waals surface area (Å²) in [6.07, 6.45) is 0.681. The Hall–Kier alpha value is -0.900. The number of thiophene rings is 1. The van der Waals surface area contributed by atoms with E-state index >= 15 is 0 Å². The van der Waals surface area contributed by atoms with Crippen LogP contribution in [0.15, 0.2) is 29.6 Å². The number of hydrogen-bond donors (Lipinski definition) is 2. The van der Waals surface area contributed by atoms with Gasteiger partial charge in [-0.3, -0.25) is 0 Å². The van der Waals surface area contributed by atoms with E-state index in [-0.39, 0.29) is 5.54 Å². The quantitative estimate of drug-likeness (QED) is 0.895. The zero-order chi connectivity index (χ0) is 14.1. The lowest BCUT2D eigenvalue weighted by molar-refractivity contribution is 0.0538. The van der Waals surface area contributed by atoms with Gasteiger partial charge in [-0.2, -0.15) is 0 Å². The molecule has 0 saturated carbocycles. The lowest BCUT2D eigenvalue weighted by Crippen LogP contribution is -2.47. The molecule has 1 aromatic heterocycles. The molecule has 0 fully saturated rings. The third kappa shape index (κ3) is 4.03. The summed E-state index contributed by atoms with van der Waals surface area (Å²) in [6.45, 7) is 8.84. The van der Waals surface area contributed by atoms with Crippen molar-refractivity contribution in [2.24, 2.45) is 0 Å². The predicted molar refractivity (Wildman–Crippen MR) is 83.9 cm³/mol. The summed E-state index contributed by atoms with van der Waals surface area (Å²) in [7, 11) is 0. The van der Waals surface area contributed by atoms with Crippen LogP contribution in [0.1, 0.15) is 33.3 Å². The zero-order valence-electron chi connectivity index (χ0n) is 12.2. The molecule has 104 valence electrons. The first-order chi connectivity index (χ1) is 8.77. The standard InChI is InChI=1S/C16H23NOS/c1-15(2,3)17-11-16(4,18)9-12-10-19-14-8-6-5-7-13(12)14/h5-8,10,17-18H,9,11H2,1-4H3. The molecule has 0 aliphatic rings. The van der Waals surface area contributed by atoms with Crippen LogP contribution in [0.3, 0.4) is 0 Å². The minimum atomic E-state index is -0.725. The Balaban J connectivity index is 2.11. The van der Waals surface area contributed by atoms with Crippen molar-refractivity contribution in [3.63, 3.8) is 0 Å². The lowest BCUT2D eigenvalue weighted by atomic mass is 9.95. The highest BCUT2D eigenvalue weighted by molar-refractivity contribution is 7.17. The Morgan fingerprint density at radius 2 is 1.84 bits per heavy atom. The minimum absolute atomic E-state index is 0.0285. The number of nitrogens with one attached hydrogen (secondary N) is 1. The SMILES string of the molecule is CC(O)(CNC(C)(C)C)Cc1csc2ccccc12. The van der Waals surface area contributed by atoms with Gasteiger partial charge in [0.05, 0.1) is 5.60 Å². The van der Waals surface area contributed by atoms with Crippen LogP contribution < -0.4 is 5.32 Å². The second kappa shape index (κ2) is 5.23. The molecule has 19 heavy (non-hydrogen) atoms. The number of rotatable bonds is 4. The van der Waals surface area contributed by atoms with Gasteiger partial charge in [-0.1, -0.05) is 18.2 Å². The van der Waals surface area contributed by atoms with Crippen molar-refractivity contribution in [1.82, 2.24) is 5.32 Å². The van der Waals surface area contributed by atoms with Crippen LogP contribution in [0.4, 0.5) is 0 Å². The Morgan fingerprint density at radius 1 is 1.16 bits per heavy atom. The molecular weight excluding hydrogens is 254 g/mol. The molecule has 1 unspecified atom stereocenters. The van der Waals surface area contributed by atoms with Crippen LogP contribution in [0.2, 0.25) is 0 Å². The summed E-state index contributed by atoms with van der Waals surface area (Å²) in [5, 5.41) is 17.4. The molecule has 1 aromatic carbocycles. The average Bonchev–Trinajstić information content (AvgIpc) is 2.69. The fraction of sp³-hybridized carbons (Fsp3) is 0.500. The van der Waals surface area contributed by atoms with E-state index in [1.165, 1.54) is 15.6 Å². The second-order valence-corrected chi connectivity index (χ2v) is 7.45. The van der Waals surface area contributed by atoms with Crippen LogP contribution in [0, 0.1) is 0 Å². The number of benzene rings is 1. The van der Waals surface area contributed by atoms with Crippen molar-refractivity contribution in [2.45, 2.75) is 45.3 Å². The van der Waals surface area contributed by atoms with Gasteiger partial charge in [-0.15, -0.1) is 11.3 Å². The molecule has 1 heterocycles. The fourth-order valence-electron chi connectivity index (χ4n) is 2.10. The van der Waals surface area contributed by atoms with Gasteiger partial charge in [0, 0.05) is 23.2 Å². The molecule has 1 atom stereocenters. The largest absolute Gasteiger partial charge is 0.389 e. The predicted octanol–water partition coefficient (Wildman–Crippen LogP) is 3.58. The highest BCUT2D eigenvalue weighted by Gasteiger charge is 2.24. The lowest BCUT2D eigenvalue weighted by Gasteiger charge is -2.29. The van der Waals surface area contributed by atoms with Crippen LogP contribution in [-0.4, -0.2) is 22.8 Å². The van der Waals surface area contributed by atoms with E-state index in [2.05, 4.69) is 55.7 Å². The van der Waals surface area contributed by atoms with Gasteiger partial charge in [0.1, 0.15) is 0 Å². The normalized spacial score (nSPS) is 15.6. The molecule has 3 heteroatoms. The number of fused-ring (bicyclic) bond motifs is 1. The molecule has 0 bridgehead atoms. The zero-order valence-corrected chi connectivity index (χ0v) is 13.0. The van der Waals surface area contributed by atoms with E-state index in [9.17, 15) is 5.11 Å². The van der Waals surface area contributed by atoms with Gasteiger partial charge < -0.3 is 10.4 Å². The average molecular weight is 277 g/mol. The molecule has 2 aromatic rings. The first-order valence-electron chi connectivity index (χ1n) is 6.69. The number of β-amino-alcohol motifs (C(OH)–C–C–N with tert-alkyl or cyclic N) is 1. The molecule has 0 saturated heterocycles. The molecule has 2 nitrogen and oxygen atoms in total. The summed E-state index contributed by atoms with van der Waals surface area (Å²) in [5.41, 5.74) is 0.541. The molecule has 0 aliphatic heterocycles. The van der Waals surface area contributed by atoms with E-state index in [1.54, 1.807) is 11.3 Å². The van der Waals surface area contributed by atoms with Crippen molar-refractivity contribution in [1.29, 1.82) is 0 Å². The van der Waals surface area contributed by atoms with Gasteiger partial charge in [0.25, 0.3) is 0 Å². The monoisotopic (exact) mass is 277 g/mol. The van der Waals surface area contributed by atoms with Gasteiger partial charge in [-0.25, -0.2) is 0 Å². The van der Waals surface area contributed by atoms with Crippen molar-refractivity contribution in [3.8, 4) is 0 Å². The van der Waals surface area contributed by atoms with Crippen molar-refractivity contribution in [2.75, 3.05) is 6.54 Å². The van der Waals surface area contributed by atoms with Crippen molar-refractivity contribution >= 4 is 21.4 Å². The maximum absolute atomic E-state index is 10.6. The number of aliphatic hydroxyl groups is 1. The summed E-state index contributed by atoms with van der Waals surface area (Å²) in [5.74, 6) is 0. The molecule has 0 radical (unpaired) electrons. The second-order valence-electron chi connectivity index (χ2n) is 6.53. The van der Waals surface area contributed by atoms with E-state index in [0.717, 1.165) is 0 Å². The molecular formula is C16H23NOS. The summed E-state index contributed by atoms with van der Waals surface area (Å²) in [4.78, 5) is 0. The Labute approximate surface area is 119 Å². The minimum Gasteiger partial charge on any atom is -0.389 e. The molecule has 0 spiro atoms. The number of hydrogen-bond acceptors (Lipinski definition) is 3. The van der Waals surface area contributed by atoms with Gasteiger partial charge >= 0.3 is 0 Å². The van der Waals surface area contributed by atoms with Gasteiger partial charge in [0.15, 0.2) is 0 Å². The van der Waals surface area contributed by atoms with Crippen molar-refractivity contribution < 1.29 is 5.11 Å². The van der Waals surface area contributed by atoms with Crippen LogP contribution in [0.25, 0.3) is 10.1 Å².